The molecular weight excluding hydrogens is 414 g/mol. The van der Waals surface area contributed by atoms with Crippen LogP contribution in [0.5, 0.6) is 11.5 Å². The molecule has 3 aromatic carbocycles. The highest BCUT2D eigenvalue weighted by Crippen LogP contribution is 2.37. The van der Waals surface area contributed by atoms with E-state index >= 15 is 0 Å². The molecule has 0 unspecified atom stereocenters. The fraction of sp³-hybridized carbons (Fsp3) is 0.250. The summed E-state index contributed by atoms with van der Waals surface area (Å²) in [5.41, 5.74) is 6.05. The monoisotopic (exact) mass is 439 g/mol. The third-order valence-electron chi connectivity index (χ3n) is 4.53. The van der Waals surface area contributed by atoms with E-state index < -0.39 is 0 Å². The number of rotatable bonds is 8. The number of hydrogen-bond acceptors (Lipinski definition) is 3. The largest absolute Gasteiger partial charge is 0.493 e. The fourth-order valence-electron chi connectivity index (χ4n) is 3.03. The third kappa shape index (κ3) is 5.60. The zero-order valence-corrected chi connectivity index (χ0v) is 18.2. The molecule has 0 aromatic heterocycles. The maximum absolute atomic E-state index is 6.05. The van der Waals surface area contributed by atoms with Gasteiger partial charge in [0, 0.05) is 13.1 Å². The van der Waals surface area contributed by atoms with Gasteiger partial charge in [-0.25, -0.2) is 0 Å². The van der Waals surface area contributed by atoms with Gasteiger partial charge in [-0.2, -0.15) is 0 Å². The Kier molecular flexibility index (Phi) is 7.12. The summed E-state index contributed by atoms with van der Waals surface area (Å²) in [5.74, 6) is 1.46. The highest BCUT2D eigenvalue weighted by atomic mass is 79.9. The van der Waals surface area contributed by atoms with Crippen molar-refractivity contribution in [2.24, 2.45) is 0 Å². The van der Waals surface area contributed by atoms with Gasteiger partial charge in [0.1, 0.15) is 6.61 Å². The van der Waals surface area contributed by atoms with Gasteiger partial charge in [0.25, 0.3) is 0 Å². The van der Waals surface area contributed by atoms with E-state index in [1.165, 1.54) is 16.7 Å². The molecule has 0 heterocycles. The highest BCUT2D eigenvalue weighted by molar-refractivity contribution is 9.10. The topological polar surface area (TPSA) is 30.5 Å². The minimum absolute atomic E-state index is 0.502. The van der Waals surface area contributed by atoms with Crippen molar-refractivity contribution >= 4 is 15.9 Å². The molecule has 146 valence electrons. The van der Waals surface area contributed by atoms with Crippen LogP contribution in [-0.4, -0.2) is 7.11 Å². The SMILES string of the molecule is COc1cc(CNCc2ccc(C)cc2)cc(Br)c1OCc1cccc(C)c1. The molecule has 0 radical (unpaired) electrons. The number of halogens is 1. The summed E-state index contributed by atoms with van der Waals surface area (Å²) in [6.45, 7) is 6.26. The Morgan fingerprint density at radius 1 is 0.821 bits per heavy atom. The highest BCUT2D eigenvalue weighted by Gasteiger charge is 2.12. The lowest BCUT2D eigenvalue weighted by Gasteiger charge is -2.15. The van der Waals surface area contributed by atoms with Gasteiger partial charge in [-0.15, -0.1) is 0 Å². The maximum atomic E-state index is 6.05. The second kappa shape index (κ2) is 9.76. The van der Waals surface area contributed by atoms with E-state index in [-0.39, 0.29) is 0 Å². The van der Waals surface area contributed by atoms with Crippen LogP contribution in [0.25, 0.3) is 0 Å². The molecule has 28 heavy (non-hydrogen) atoms. The lowest BCUT2D eigenvalue weighted by atomic mass is 10.1. The first-order valence-electron chi connectivity index (χ1n) is 9.36. The molecule has 1 N–H and O–H groups in total. The standard InChI is InChI=1S/C24H26BrNO2/c1-17-7-9-19(10-8-17)14-26-15-21-12-22(25)24(23(13-21)27-3)28-16-20-6-4-5-18(2)11-20/h4-13,26H,14-16H2,1-3H3. The molecular formula is C24H26BrNO2. The molecule has 0 aliphatic rings. The van der Waals surface area contributed by atoms with Gasteiger partial charge >= 0.3 is 0 Å². The van der Waals surface area contributed by atoms with Crippen molar-refractivity contribution in [1.29, 1.82) is 0 Å². The number of nitrogens with one attached hydrogen (secondary N) is 1. The summed E-state index contributed by atoms with van der Waals surface area (Å²) in [6.07, 6.45) is 0. The van der Waals surface area contributed by atoms with Crippen molar-refractivity contribution < 1.29 is 9.47 Å². The van der Waals surface area contributed by atoms with Gasteiger partial charge in [0.2, 0.25) is 0 Å². The molecule has 0 atom stereocenters. The summed E-state index contributed by atoms with van der Waals surface area (Å²) < 4.78 is 12.5. The predicted molar refractivity (Wildman–Crippen MR) is 118 cm³/mol. The van der Waals surface area contributed by atoms with Gasteiger partial charge in [-0.3, -0.25) is 0 Å². The minimum Gasteiger partial charge on any atom is -0.493 e. The molecule has 4 heteroatoms. The van der Waals surface area contributed by atoms with Crippen molar-refractivity contribution in [2.45, 2.75) is 33.5 Å². The summed E-state index contributed by atoms with van der Waals surface area (Å²) >= 11 is 3.64. The molecule has 0 spiro atoms. The van der Waals surface area contributed by atoms with E-state index in [0.29, 0.717) is 6.61 Å². The van der Waals surface area contributed by atoms with Gasteiger partial charge in [-0.05, 0) is 58.6 Å². The normalized spacial score (nSPS) is 10.7. The molecule has 0 saturated heterocycles. The Balaban J connectivity index is 1.64. The predicted octanol–water partition coefficient (Wildman–Crippen LogP) is 5.94. The Morgan fingerprint density at radius 3 is 2.29 bits per heavy atom. The number of methoxy groups -OCH3 is 1. The average Bonchev–Trinajstić information content (AvgIpc) is 2.68. The van der Waals surface area contributed by atoms with Gasteiger partial charge < -0.3 is 14.8 Å². The van der Waals surface area contributed by atoms with Crippen molar-refractivity contribution in [2.75, 3.05) is 7.11 Å². The van der Waals surface area contributed by atoms with Crippen LogP contribution in [0, 0.1) is 13.8 Å². The van der Waals surface area contributed by atoms with E-state index in [1.807, 2.05) is 12.1 Å². The number of aryl methyl sites for hydroxylation is 2. The molecule has 3 rings (SSSR count). The smallest absolute Gasteiger partial charge is 0.175 e. The first-order valence-corrected chi connectivity index (χ1v) is 10.2. The van der Waals surface area contributed by atoms with Crippen LogP contribution in [0.15, 0.2) is 65.1 Å². The molecule has 3 nitrogen and oxygen atoms in total. The maximum Gasteiger partial charge on any atom is 0.175 e. The number of hydrogen-bond donors (Lipinski definition) is 1. The number of ether oxygens (including phenoxy) is 2. The van der Waals surface area contributed by atoms with Crippen LogP contribution in [0.3, 0.4) is 0 Å². The van der Waals surface area contributed by atoms with Crippen molar-refractivity contribution in [3.05, 3.63) is 93.0 Å². The Bertz CT molecular complexity index is 922. The summed E-state index contributed by atoms with van der Waals surface area (Å²) in [6, 6.07) is 21.0. The first kappa shape index (κ1) is 20.4. The zero-order chi connectivity index (χ0) is 19.9. The van der Waals surface area contributed by atoms with Crippen LogP contribution in [0.1, 0.15) is 27.8 Å². The number of benzene rings is 3. The van der Waals surface area contributed by atoms with E-state index in [4.69, 9.17) is 9.47 Å². The van der Waals surface area contributed by atoms with Crippen LogP contribution in [-0.2, 0) is 19.7 Å². The Labute approximate surface area is 175 Å². The van der Waals surface area contributed by atoms with E-state index in [0.717, 1.165) is 40.2 Å². The quantitative estimate of drug-likeness (QED) is 0.470. The summed E-state index contributed by atoms with van der Waals surface area (Å²) in [4.78, 5) is 0. The summed E-state index contributed by atoms with van der Waals surface area (Å²) in [5, 5.41) is 3.48. The lowest BCUT2D eigenvalue weighted by molar-refractivity contribution is 0.282. The van der Waals surface area contributed by atoms with Crippen LogP contribution in [0.4, 0.5) is 0 Å². The Hall–Kier alpha value is -2.30. The van der Waals surface area contributed by atoms with Gasteiger partial charge in [0.05, 0.1) is 11.6 Å². The Morgan fingerprint density at radius 2 is 1.57 bits per heavy atom. The molecule has 0 bridgehead atoms. The van der Waals surface area contributed by atoms with Crippen molar-refractivity contribution in [1.82, 2.24) is 5.32 Å². The molecule has 0 fully saturated rings. The van der Waals surface area contributed by atoms with Gasteiger partial charge in [-0.1, -0.05) is 59.7 Å². The fourth-order valence-corrected chi connectivity index (χ4v) is 3.63. The van der Waals surface area contributed by atoms with Crippen molar-refractivity contribution in [3.8, 4) is 11.5 Å². The van der Waals surface area contributed by atoms with Crippen molar-refractivity contribution in [3.63, 3.8) is 0 Å². The molecule has 0 aliphatic heterocycles. The van der Waals surface area contributed by atoms with Crippen LogP contribution in [0.2, 0.25) is 0 Å². The summed E-state index contributed by atoms with van der Waals surface area (Å²) in [7, 11) is 1.67. The second-order valence-electron chi connectivity index (χ2n) is 6.98. The zero-order valence-electron chi connectivity index (χ0n) is 16.6. The van der Waals surface area contributed by atoms with E-state index in [9.17, 15) is 0 Å². The molecule has 0 aliphatic carbocycles. The van der Waals surface area contributed by atoms with Crippen LogP contribution < -0.4 is 14.8 Å². The minimum atomic E-state index is 0.502. The third-order valence-corrected chi connectivity index (χ3v) is 5.12. The first-order chi connectivity index (χ1) is 13.5. The second-order valence-corrected chi connectivity index (χ2v) is 7.83. The van der Waals surface area contributed by atoms with Crippen LogP contribution >= 0.6 is 15.9 Å². The molecule has 0 amide bonds. The van der Waals surface area contributed by atoms with E-state index in [1.54, 1.807) is 7.11 Å². The van der Waals surface area contributed by atoms with Gasteiger partial charge in [0.15, 0.2) is 11.5 Å². The molecule has 3 aromatic rings. The molecule has 0 saturated carbocycles. The lowest BCUT2D eigenvalue weighted by Crippen LogP contribution is -2.13. The van der Waals surface area contributed by atoms with E-state index in [2.05, 4.69) is 83.6 Å². The average molecular weight is 440 g/mol.